The van der Waals surface area contributed by atoms with Crippen LogP contribution >= 0.6 is 12.6 Å². The molecule has 0 aliphatic heterocycles. The lowest BCUT2D eigenvalue weighted by Crippen LogP contribution is -2.61. The minimum Gasteiger partial charge on any atom is -0.508 e. The Balaban J connectivity index is 1.76. The van der Waals surface area contributed by atoms with E-state index in [2.05, 4.69) is 38.9 Å². The Hall–Kier alpha value is -4.64. The number of nitrogens with two attached hydrogens (primary N) is 2. The van der Waals surface area contributed by atoms with Crippen molar-refractivity contribution in [1.29, 1.82) is 0 Å². The molecule has 0 saturated heterocycles. The van der Waals surface area contributed by atoms with E-state index in [-0.39, 0.29) is 30.8 Å². The van der Waals surface area contributed by atoms with E-state index in [0.717, 1.165) is 16.5 Å². The Labute approximate surface area is 289 Å². The number of aromatic amines is 1. The molecule has 3 rings (SSSR count). The molecule has 4 amide bonds. The number of phenolic OH excluding ortho intramolecular Hbond substituents is 1. The fourth-order valence-corrected chi connectivity index (χ4v) is 5.37. The number of hydrogen-bond acceptors (Lipinski definition) is 10. The van der Waals surface area contributed by atoms with E-state index in [9.17, 15) is 39.3 Å². The predicted molar refractivity (Wildman–Crippen MR) is 186 cm³/mol. The van der Waals surface area contributed by atoms with Crippen LogP contribution in [0.2, 0.25) is 0 Å². The van der Waals surface area contributed by atoms with Gasteiger partial charge in [-0.2, -0.15) is 12.6 Å². The van der Waals surface area contributed by atoms with E-state index in [1.807, 2.05) is 24.3 Å². The zero-order chi connectivity index (χ0) is 36.1. The molecule has 0 spiro atoms. The summed E-state index contributed by atoms with van der Waals surface area (Å²) in [7, 11) is 0. The van der Waals surface area contributed by atoms with Crippen LogP contribution in [0.25, 0.3) is 10.9 Å². The van der Waals surface area contributed by atoms with Crippen LogP contribution in [-0.4, -0.2) is 98.5 Å². The SMILES string of the molecule is C[C@@H](O)[C@H](NC(=O)[C@H](CCCCN)NC(=O)[C@@H](N)Cc1c[nH]c2ccccc12)C(=O)N[C@@H](Cc1ccc(O)cc1)C(=O)N[C@@H](CS)C(=O)O. The van der Waals surface area contributed by atoms with E-state index in [1.165, 1.54) is 31.2 Å². The first-order valence-corrected chi connectivity index (χ1v) is 16.5. The van der Waals surface area contributed by atoms with Crippen molar-refractivity contribution < 1.29 is 39.3 Å². The van der Waals surface area contributed by atoms with Gasteiger partial charge in [-0.05, 0) is 68.5 Å². The van der Waals surface area contributed by atoms with Crippen LogP contribution in [0.4, 0.5) is 0 Å². The Morgan fingerprint density at radius 3 is 2.10 bits per heavy atom. The van der Waals surface area contributed by atoms with E-state index >= 15 is 0 Å². The lowest BCUT2D eigenvalue weighted by atomic mass is 10.0. The smallest absolute Gasteiger partial charge is 0.327 e. The maximum atomic E-state index is 13.5. The van der Waals surface area contributed by atoms with Gasteiger partial charge in [0.25, 0.3) is 0 Å². The van der Waals surface area contributed by atoms with Crippen LogP contribution in [0.1, 0.15) is 37.3 Å². The number of aliphatic carboxylic acids is 1. The summed E-state index contributed by atoms with van der Waals surface area (Å²) in [6.07, 6.45) is 1.56. The number of aromatic nitrogens is 1. The van der Waals surface area contributed by atoms with E-state index in [4.69, 9.17) is 11.5 Å². The lowest BCUT2D eigenvalue weighted by Gasteiger charge is -2.27. The van der Waals surface area contributed by atoms with Gasteiger partial charge in [-0.3, -0.25) is 19.2 Å². The first-order valence-electron chi connectivity index (χ1n) is 15.9. The molecule has 3 aromatic rings. The quantitative estimate of drug-likeness (QED) is 0.0562. The normalized spacial score (nSPS) is 14.9. The molecule has 1 heterocycles. The van der Waals surface area contributed by atoms with Crippen LogP contribution in [-0.2, 0) is 36.8 Å². The molecule has 15 nitrogen and oxygen atoms in total. The fourth-order valence-electron chi connectivity index (χ4n) is 5.13. The number of H-pyrrole nitrogens is 1. The van der Waals surface area contributed by atoms with Gasteiger partial charge in [0.1, 0.15) is 29.9 Å². The number of fused-ring (bicyclic) bond motifs is 1. The molecule has 0 radical (unpaired) electrons. The van der Waals surface area contributed by atoms with Gasteiger partial charge in [-0.25, -0.2) is 4.79 Å². The summed E-state index contributed by atoms with van der Waals surface area (Å²) in [6, 6.07) is 6.91. The highest BCUT2D eigenvalue weighted by Crippen LogP contribution is 2.19. The minimum atomic E-state index is -1.57. The van der Waals surface area contributed by atoms with Crippen molar-refractivity contribution in [3.63, 3.8) is 0 Å². The van der Waals surface area contributed by atoms with E-state index in [0.29, 0.717) is 24.9 Å². The highest BCUT2D eigenvalue weighted by molar-refractivity contribution is 7.80. The number of aromatic hydroxyl groups is 1. The number of phenols is 1. The second-order valence-electron chi connectivity index (χ2n) is 11.8. The van der Waals surface area contributed by atoms with Crippen molar-refractivity contribution in [2.75, 3.05) is 12.3 Å². The molecule has 0 aliphatic rings. The van der Waals surface area contributed by atoms with Crippen LogP contribution in [0.5, 0.6) is 5.75 Å². The van der Waals surface area contributed by atoms with Gasteiger partial charge in [0, 0.05) is 29.3 Å². The number of thiol groups is 1. The Kier molecular flexibility index (Phi) is 14.9. The number of unbranched alkanes of at least 4 members (excludes halogenated alkanes) is 1. The largest absolute Gasteiger partial charge is 0.508 e. The molecule has 0 unspecified atom stereocenters. The van der Waals surface area contributed by atoms with E-state index in [1.54, 1.807) is 6.20 Å². The summed E-state index contributed by atoms with van der Waals surface area (Å²) in [5.41, 5.74) is 14.1. The van der Waals surface area contributed by atoms with Crippen molar-refractivity contribution in [2.24, 2.45) is 11.5 Å². The number of nitrogens with one attached hydrogen (secondary N) is 5. The van der Waals surface area contributed by atoms with Crippen LogP contribution in [0, 0.1) is 0 Å². The van der Waals surface area contributed by atoms with Crippen molar-refractivity contribution in [1.82, 2.24) is 26.3 Å². The van der Waals surface area contributed by atoms with Crippen LogP contribution in [0.15, 0.2) is 54.7 Å². The van der Waals surface area contributed by atoms with Crippen LogP contribution in [0.3, 0.4) is 0 Å². The summed E-state index contributed by atoms with van der Waals surface area (Å²) >= 11 is 3.96. The number of para-hydroxylation sites is 1. The number of aliphatic hydroxyl groups excluding tert-OH is 1. The van der Waals surface area contributed by atoms with Crippen molar-refractivity contribution >= 4 is 53.1 Å². The molecule has 0 bridgehead atoms. The standard InChI is InChI=1S/C33H45N7O8S/c1-18(41)28(32(46)38-26(14-19-9-11-21(42)12-10-19)31(45)39-27(17-49)33(47)48)40-30(44)25(8-4-5-13-34)37-29(43)23(35)15-20-16-36-24-7-3-2-6-22(20)24/h2-3,6-7,9-12,16,18,23,25-28,36,41-42,49H,4-5,8,13-15,17,34-35H2,1H3,(H,37,43)(H,38,46)(H,39,45)(H,40,44)(H,47,48)/t18-,23+,25+,26+,27+,28+/m1/s1. The monoisotopic (exact) mass is 699 g/mol. The van der Waals surface area contributed by atoms with Gasteiger partial charge < -0.3 is 53.0 Å². The topological polar surface area (TPSA) is 262 Å². The number of hydrogen-bond donors (Lipinski definition) is 11. The first kappa shape index (κ1) is 38.8. The summed E-state index contributed by atoms with van der Waals surface area (Å²) in [6.45, 7) is 1.61. The third kappa shape index (κ3) is 11.5. The Bertz CT molecular complexity index is 1580. The maximum Gasteiger partial charge on any atom is 0.327 e. The maximum absolute atomic E-state index is 13.5. The number of rotatable bonds is 19. The zero-order valence-electron chi connectivity index (χ0n) is 27.1. The number of benzene rings is 2. The second kappa shape index (κ2) is 18.8. The molecule has 266 valence electrons. The Morgan fingerprint density at radius 2 is 1.47 bits per heavy atom. The summed E-state index contributed by atoms with van der Waals surface area (Å²) in [5.74, 6) is -4.76. The molecule has 1 aromatic heterocycles. The van der Waals surface area contributed by atoms with Gasteiger partial charge in [0.15, 0.2) is 0 Å². The third-order valence-electron chi connectivity index (χ3n) is 7.90. The molecule has 0 saturated carbocycles. The number of carbonyl (C=O) groups excluding carboxylic acids is 4. The van der Waals surface area contributed by atoms with Gasteiger partial charge in [0.2, 0.25) is 23.6 Å². The lowest BCUT2D eigenvalue weighted by molar-refractivity contribution is -0.141. The number of carboxylic acids is 1. The molecule has 49 heavy (non-hydrogen) atoms. The van der Waals surface area contributed by atoms with Crippen molar-refractivity contribution in [3.8, 4) is 5.75 Å². The average molecular weight is 700 g/mol. The molecular formula is C33H45N7O8S. The number of carbonyl (C=O) groups is 5. The second-order valence-corrected chi connectivity index (χ2v) is 12.1. The molecule has 12 N–H and O–H groups in total. The number of carboxylic acid groups (broad SMARTS) is 1. The molecule has 16 heteroatoms. The highest BCUT2D eigenvalue weighted by atomic mass is 32.1. The summed E-state index contributed by atoms with van der Waals surface area (Å²) in [4.78, 5) is 68.1. The molecule has 2 aromatic carbocycles. The fraction of sp³-hybridized carbons (Fsp3) is 0.424. The first-order chi connectivity index (χ1) is 23.3. The average Bonchev–Trinajstić information content (AvgIpc) is 3.48. The number of amides is 4. The minimum absolute atomic E-state index is 0.0290. The predicted octanol–water partition coefficient (Wildman–Crippen LogP) is -0.551. The van der Waals surface area contributed by atoms with Gasteiger partial charge in [-0.15, -0.1) is 0 Å². The zero-order valence-corrected chi connectivity index (χ0v) is 28.0. The molecule has 6 atom stereocenters. The van der Waals surface area contributed by atoms with Gasteiger partial charge >= 0.3 is 5.97 Å². The molecule has 0 aliphatic carbocycles. The Morgan fingerprint density at radius 1 is 0.837 bits per heavy atom. The van der Waals surface area contributed by atoms with Gasteiger partial charge in [-0.1, -0.05) is 30.3 Å². The van der Waals surface area contributed by atoms with Crippen molar-refractivity contribution in [3.05, 3.63) is 65.9 Å². The molecular weight excluding hydrogens is 654 g/mol. The third-order valence-corrected chi connectivity index (χ3v) is 8.27. The number of aliphatic hydroxyl groups is 1. The van der Waals surface area contributed by atoms with Crippen molar-refractivity contribution in [2.45, 2.75) is 75.3 Å². The van der Waals surface area contributed by atoms with Gasteiger partial charge in [0.05, 0.1) is 12.1 Å². The van der Waals surface area contributed by atoms with Crippen LogP contribution < -0.4 is 32.7 Å². The molecule has 0 fully saturated rings. The van der Waals surface area contributed by atoms with E-state index < -0.39 is 65.9 Å². The summed E-state index contributed by atoms with van der Waals surface area (Å²) in [5, 5.41) is 40.4. The summed E-state index contributed by atoms with van der Waals surface area (Å²) < 4.78 is 0. The highest BCUT2D eigenvalue weighted by Gasteiger charge is 2.34.